The standard InChI is InChI=1S/C13H8BrNOS/c14-12-7-5-9(16-12)6-8-13-15-10-3-1-2-4-11(10)17-13/h1-8H. The van der Waals surface area contributed by atoms with Crippen LogP contribution in [0.3, 0.4) is 0 Å². The lowest BCUT2D eigenvalue weighted by Crippen LogP contribution is -1.68. The molecule has 3 rings (SSSR count). The van der Waals surface area contributed by atoms with Gasteiger partial charge in [0.25, 0.3) is 0 Å². The summed E-state index contributed by atoms with van der Waals surface area (Å²) >= 11 is 4.94. The number of hydrogen-bond donors (Lipinski definition) is 0. The van der Waals surface area contributed by atoms with E-state index in [1.807, 2.05) is 42.5 Å². The van der Waals surface area contributed by atoms with E-state index < -0.39 is 0 Å². The van der Waals surface area contributed by atoms with E-state index in [2.05, 4.69) is 27.0 Å². The van der Waals surface area contributed by atoms with Crippen molar-refractivity contribution in [2.24, 2.45) is 0 Å². The maximum absolute atomic E-state index is 5.39. The minimum absolute atomic E-state index is 0.737. The van der Waals surface area contributed by atoms with Crippen molar-refractivity contribution in [1.29, 1.82) is 0 Å². The molecular formula is C13H8BrNOS. The van der Waals surface area contributed by atoms with E-state index in [1.54, 1.807) is 11.3 Å². The summed E-state index contributed by atoms with van der Waals surface area (Å²) in [6.45, 7) is 0. The van der Waals surface area contributed by atoms with E-state index in [4.69, 9.17) is 4.42 Å². The van der Waals surface area contributed by atoms with Crippen molar-refractivity contribution in [1.82, 2.24) is 4.98 Å². The largest absolute Gasteiger partial charge is 0.450 e. The van der Waals surface area contributed by atoms with Gasteiger partial charge in [-0.15, -0.1) is 11.3 Å². The zero-order valence-corrected chi connectivity index (χ0v) is 11.2. The molecule has 0 amide bonds. The van der Waals surface area contributed by atoms with Crippen LogP contribution in [0.15, 0.2) is 45.5 Å². The van der Waals surface area contributed by atoms with E-state index >= 15 is 0 Å². The number of thiazole rings is 1. The van der Waals surface area contributed by atoms with Crippen LogP contribution in [-0.4, -0.2) is 4.98 Å². The average molecular weight is 306 g/mol. The molecule has 0 atom stereocenters. The predicted octanol–water partition coefficient (Wildman–Crippen LogP) is 4.82. The number of para-hydroxylation sites is 1. The Morgan fingerprint density at radius 2 is 2.00 bits per heavy atom. The van der Waals surface area contributed by atoms with Gasteiger partial charge in [-0.3, -0.25) is 0 Å². The summed E-state index contributed by atoms with van der Waals surface area (Å²) in [6, 6.07) is 11.9. The first-order valence-electron chi connectivity index (χ1n) is 5.10. The summed E-state index contributed by atoms with van der Waals surface area (Å²) in [6.07, 6.45) is 3.89. The van der Waals surface area contributed by atoms with Crippen LogP contribution in [-0.2, 0) is 0 Å². The van der Waals surface area contributed by atoms with Crippen LogP contribution < -0.4 is 0 Å². The van der Waals surface area contributed by atoms with Crippen molar-refractivity contribution in [2.45, 2.75) is 0 Å². The van der Waals surface area contributed by atoms with Gasteiger partial charge in [0, 0.05) is 0 Å². The zero-order valence-electron chi connectivity index (χ0n) is 8.76. The first-order chi connectivity index (χ1) is 8.31. The summed E-state index contributed by atoms with van der Waals surface area (Å²) in [5, 5.41) is 0.985. The first-order valence-corrected chi connectivity index (χ1v) is 6.71. The second-order valence-electron chi connectivity index (χ2n) is 3.50. The fourth-order valence-corrected chi connectivity index (χ4v) is 2.72. The van der Waals surface area contributed by atoms with Gasteiger partial charge in [0.05, 0.1) is 10.2 Å². The molecule has 0 N–H and O–H groups in total. The Kier molecular flexibility index (Phi) is 2.82. The molecule has 4 heteroatoms. The Bertz CT molecular complexity index is 650. The van der Waals surface area contributed by atoms with E-state index in [9.17, 15) is 0 Å². The molecule has 2 heterocycles. The number of rotatable bonds is 2. The van der Waals surface area contributed by atoms with Crippen LogP contribution in [0.25, 0.3) is 22.4 Å². The molecule has 1 aromatic carbocycles. The molecule has 0 bridgehead atoms. The number of aromatic nitrogens is 1. The van der Waals surface area contributed by atoms with Crippen LogP contribution in [0.5, 0.6) is 0 Å². The molecule has 0 aliphatic heterocycles. The number of nitrogens with zero attached hydrogens (tertiary/aromatic N) is 1. The Hall–Kier alpha value is -1.39. The smallest absolute Gasteiger partial charge is 0.169 e. The summed E-state index contributed by atoms with van der Waals surface area (Å²) < 4.78 is 7.33. The molecule has 0 aliphatic carbocycles. The van der Waals surface area contributed by atoms with Crippen molar-refractivity contribution in [3.05, 3.63) is 51.8 Å². The second-order valence-corrected chi connectivity index (χ2v) is 5.34. The molecule has 0 saturated heterocycles. The monoisotopic (exact) mass is 305 g/mol. The number of halogens is 1. The summed E-state index contributed by atoms with van der Waals surface area (Å²) in [5.74, 6) is 0.816. The quantitative estimate of drug-likeness (QED) is 0.678. The number of benzene rings is 1. The third kappa shape index (κ3) is 2.33. The van der Waals surface area contributed by atoms with Crippen molar-refractivity contribution in [3.63, 3.8) is 0 Å². The molecule has 2 nitrogen and oxygen atoms in total. The Labute approximate surface area is 111 Å². The Balaban J connectivity index is 1.92. The molecule has 84 valence electrons. The Morgan fingerprint density at radius 3 is 2.76 bits per heavy atom. The number of furan rings is 1. The van der Waals surface area contributed by atoms with Gasteiger partial charge >= 0.3 is 0 Å². The van der Waals surface area contributed by atoms with Crippen molar-refractivity contribution in [2.75, 3.05) is 0 Å². The number of hydrogen-bond acceptors (Lipinski definition) is 3. The average Bonchev–Trinajstić information content (AvgIpc) is 2.91. The van der Waals surface area contributed by atoms with Gasteiger partial charge in [0.2, 0.25) is 0 Å². The predicted molar refractivity (Wildman–Crippen MR) is 75.0 cm³/mol. The molecule has 0 radical (unpaired) electrons. The lowest BCUT2D eigenvalue weighted by atomic mass is 10.3. The fourth-order valence-electron chi connectivity index (χ4n) is 1.53. The highest BCUT2D eigenvalue weighted by molar-refractivity contribution is 9.10. The third-order valence-electron chi connectivity index (χ3n) is 2.29. The van der Waals surface area contributed by atoms with Gasteiger partial charge in [-0.05, 0) is 52.3 Å². The van der Waals surface area contributed by atoms with E-state index in [1.165, 1.54) is 4.70 Å². The third-order valence-corrected chi connectivity index (χ3v) is 3.72. The van der Waals surface area contributed by atoms with Crippen LogP contribution in [0, 0.1) is 0 Å². The van der Waals surface area contributed by atoms with Gasteiger partial charge in [-0.1, -0.05) is 12.1 Å². The van der Waals surface area contributed by atoms with E-state index in [0.29, 0.717) is 0 Å². The lowest BCUT2D eigenvalue weighted by Gasteiger charge is -1.83. The van der Waals surface area contributed by atoms with Crippen molar-refractivity contribution >= 4 is 49.6 Å². The molecule has 0 fully saturated rings. The molecule has 17 heavy (non-hydrogen) atoms. The number of fused-ring (bicyclic) bond motifs is 1. The van der Waals surface area contributed by atoms with Crippen LogP contribution in [0.2, 0.25) is 0 Å². The summed E-state index contributed by atoms with van der Waals surface area (Å²) in [4.78, 5) is 4.51. The molecule has 0 spiro atoms. The second kappa shape index (κ2) is 4.47. The van der Waals surface area contributed by atoms with Gasteiger partial charge in [0.15, 0.2) is 4.67 Å². The molecule has 0 unspecified atom stereocenters. The van der Waals surface area contributed by atoms with Crippen LogP contribution in [0.4, 0.5) is 0 Å². The highest BCUT2D eigenvalue weighted by Crippen LogP contribution is 2.23. The Morgan fingerprint density at radius 1 is 1.12 bits per heavy atom. The van der Waals surface area contributed by atoms with Gasteiger partial charge in [-0.2, -0.15) is 0 Å². The maximum atomic E-state index is 5.39. The van der Waals surface area contributed by atoms with Crippen molar-refractivity contribution in [3.8, 4) is 0 Å². The highest BCUT2D eigenvalue weighted by Gasteiger charge is 2.00. The summed E-state index contributed by atoms with van der Waals surface area (Å²) in [5.41, 5.74) is 1.04. The summed E-state index contributed by atoms with van der Waals surface area (Å²) in [7, 11) is 0. The van der Waals surface area contributed by atoms with E-state index in [-0.39, 0.29) is 0 Å². The van der Waals surface area contributed by atoms with Crippen molar-refractivity contribution < 1.29 is 4.42 Å². The molecule has 0 saturated carbocycles. The first kappa shape index (κ1) is 10.7. The fraction of sp³-hybridized carbons (Fsp3) is 0. The van der Waals surface area contributed by atoms with Gasteiger partial charge in [-0.25, -0.2) is 4.98 Å². The molecule has 3 aromatic rings. The molecule has 2 aromatic heterocycles. The minimum Gasteiger partial charge on any atom is -0.450 e. The normalized spacial score (nSPS) is 11.6. The lowest BCUT2D eigenvalue weighted by molar-refractivity contribution is 0.532. The topological polar surface area (TPSA) is 26.0 Å². The molecule has 0 aliphatic rings. The molecular weight excluding hydrogens is 298 g/mol. The van der Waals surface area contributed by atoms with Crippen LogP contribution >= 0.6 is 27.3 Å². The van der Waals surface area contributed by atoms with Crippen LogP contribution in [0.1, 0.15) is 10.8 Å². The SMILES string of the molecule is Brc1ccc(C=Cc2nc3ccccc3s2)o1. The van der Waals surface area contributed by atoms with E-state index in [0.717, 1.165) is 21.0 Å². The zero-order chi connectivity index (χ0) is 11.7. The minimum atomic E-state index is 0.737. The van der Waals surface area contributed by atoms with Gasteiger partial charge < -0.3 is 4.42 Å². The maximum Gasteiger partial charge on any atom is 0.169 e. The van der Waals surface area contributed by atoms with Gasteiger partial charge in [0.1, 0.15) is 10.8 Å². The highest BCUT2D eigenvalue weighted by atomic mass is 79.9.